The summed E-state index contributed by atoms with van der Waals surface area (Å²) >= 11 is 0. The molecule has 0 radical (unpaired) electrons. The second kappa shape index (κ2) is 5.31. The number of hydrogen-bond donors (Lipinski definition) is 1. The topological polar surface area (TPSA) is 77.2 Å². The number of ether oxygens (including phenoxy) is 1. The molecule has 0 atom stereocenters. The Morgan fingerprint density at radius 2 is 2.11 bits per heavy atom. The van der Waals surface area contributed by atoms with Gasteiger partial charge in [0.05, 0.1) is 19.2 Å². The molecule has 0 saturated carbocycles. The van der Waals surface area contributed by atoms with Gasteiger partial charge < -0.3 is 14.6 Å². The minimum atomic E-state index is -0.353. The Morgan fingerprint density at radius 3 is 2.67 bits per heavy atom. The van der Waals surface area contributed by atoms with Crippen LogP contribution >= 0.6 is 0 Å². The van der Waals surface area contributed by atoms with Crippen molar-refractivity contribution < 1.29 is 14.1 Å². The van der Waals surface area contributed by atoms with Gasteiger partial charge in [0.1, 0.15) is 0 Å². The Labute approximate surface area is 104 Å². The van der Waals surface area contributed by atoms with Gasteiger partial charge in [0, 0.05) is 5.69 Å². The van der Waals surface area contributed by atoms with Crippen molar-refractivity contribution in [3.63, 3.8) is 0 Å². The standard InChI is InChI=1S/C12H13N3O3/c1-8-14-11(18-15-8)7-13-10-5-3-9(4-6-10)12(16)17-2/h3-6,13H,7H2,1-2H3. The molecule has 0 amide bonds. The first-order valence-corrected chi connectivity index (χ1v) is 5.40. The molecule has 6 nitrogen and oxygen atoms in total. The maximum Gasteiger partial charge on any atom is 0.337 e. The summed E-state index contributed by atoms with van der Waals surface area (Å²) in [6, 6.07) is 6.95. The van der Waals surface area contributed by atoms with Crippen molar-refractivity contribution in [3.8, 4) is 0 Å². The molecule has 6 heteroatoms. The average Bonchev–Trinajstić information content (AvgIpc) is 2.82. The zero-order chi connectivity index (χ0) is 13.0. The highest BCUT2D eigenvalue weighted by atomic mass is 16.5. The van der Waals surface area contributed by atoms with Gasteiger partial charge in [-0.2, -0.15) is 4.98 Å². The highest BCUT2D eigenvalue weighted by Crippen LogP contribution is 2.11. The maximum atomic E-state index is 11.2. The predicted molar refractivity (Wildman–Crippen MR) is 64.1 cm³/mol. The molecule has 1 aromatic heterocycles. The van der Waals surface area contributed by atoms with Gasteiger partial charge >= 0.3 is 5.97 Å². The number of nitrogens with zero attached hydrogens (tertiary/aromatic N) is 2. The fourth-order valence-electron chi connectivity index (χ4n) is 1.43. The molecule has 2 rings (SSSR count). The van der Waals surface area contributed by atoms with Gasteiger partial charge in [0.15, 0.2) is 5.82 Å². The molecule has 1 heterocycles. The van der Waals surface area contributed by atoms with Crippen LogP contribution in [0.5, 0.6) is 0 Å². The van der Waals surface area contributed by atoms with Gasteiger partial charge in [-0.05, 0) is 31.2 Å². The van der Waals surface area contributed by atoms with E-state index < -0.39 is 0 Å². The Kier molecular flexibility index (Phi) is 3.57. The lowest BCUT2D eigenvalue weighted by Gasteiger charge is -2.04. The molecule has 0 aliphatic rings. The number of hydrogen-bond acceptors (Lipinski definition) is 6. The zero-order valence-corrected chi connectivity index (χ0v) is 10.1. The monoisotopic (exact) mass is 247 g/mol. The van der Waals surface area contributed by atoms with Crippen LogP contribution in [0.15, 0.2) is 28.8 Å². The normalized spacial score (nSPS) is 10.1. The van der Waals surface area contributed by atoms with Crippen molar-refractivity contribution in [2.24, 2.45) is 0 Å². The summed E-state index contributed by atoms with van der Waals surface area (Å²) in [4.78, 5) is 15.3. The lowest BCUT2D eigenvalue weighted by atomic mass is 10.2. The SMILES string of the molecule is COC(=O)c1ccc(NCc2nc(C)no2)cc1. The molecule has 1 aromatic carbocycles. The van der Waals surface area contributed by atoms with Crippen molar-refractivity contribution in [2.75, 3.05) is 12.4 Å². The van der Waals surface area contributed by atoms with Crippen molar-refractivity contribution in [2.45, 2.75) is 13.5 Å². The average molecular weight is 247 g/mol. The van der Waals surface area contributed by atoms with Gasteiger partial charge in [-0.1, -0.05) is 5.16 Å². The number of carbonyl (C=O) groups excluding carboxylic acids is 1. The van der Waals surface area contributed by atoms with E-state index in [1.165, 1.54) is 7.11 Å². The third-order valence-corrected chi connectivity index (χ3v) is 2.32. The summed E-state index contributed by atoms with van der Waals surface area (Å²) in [6.45, 7) is 2.20. The molecule has 2 aromatic rings. The van der Waals surface area contributed by atoms with Gasteiger partial charge in [-0.25, -0.2) is 4.79 Å². The summed E-state index contributed by atoms with van der Waals surface area (Å²) in [7, 11) is 1.35. The van der Waals surface area contributed by atoms with E-state index >= 15 is 0 Å². The van der Waals surface area contributed by atoms with Crippen LogP contribution in [-0.4, -0.2) is 23.2 Å². The fourth-order valence-corrected chi connectivity index (χ4v) is 1.43. The van der Waals surface area contributed by atoms with Crippen LogP contribution < -0.4 is 5.32 Å². The second-order valence-corrected chi connectivity index (χ2v) is 3.66. The zero-order valence-electron chi connectivity index (χ0n) is 10.1. The highest BCUT2D eigenvalue weighted by Gasteiger charge is 2.05. The highest BCUT2D eigenvalue weighted by molar-refractivity contribution is 5.89. The third kappa shape index (κ3) is 2.85. The van der Waals surface area contributed by atoms with E-state index in [0.717, 1.165) is 5.69 Å². The minimum Gasteiger partial charge on any atom is -0.465 e. The van der Waals surface area contributed by atoms with E-state index in [4.69, 9.17) is 4.52 Å². The Hall–Kier alpha value is -2.37. The van der Waals surface area contributed by atoms with E-state index in [-0.39, 0.29) is 5.97 Å². The molecule has 0 aliphatic heterocycles. The van der Waals surface area contributed by atoms with Gasteiger partial charge in [0.2, 0.25) is 5.89 Å². The molecule has 18 heavy (non-hydrogen) atoms. The van der Waals surface area contributed by atoms with E-state index in [0.29, 0.717) is 23.8 Å². The summed E-state index contributed by atoms with van der Waals surface area (Å²) in [5, 5.41) is 6.80. The Morgan fingerprint density at radius 1 is 1.39 bits per heavy atom. The smallest absolute Gasteiger partial charge is 0.337 e. The molecule has 0 spiro atoms. The molecule has 1 N–H and O–H groups in total. The van der Waals surface area contributed by atoms with Crippen molar-refractivity contribution in [1.29, 1.82) is 0 Å². The molecule has 0 unspecified atom stereocenters. The van der Waals surface area contributed by atoms with Crippen molar-refractivity contribution in [3.05, 3.63) is 41.5 Å². The number of nitrogens with one attached hydrogen (secondary N) is 1. The van der Waals surface area contributed by atoms with Crippen molar-refractivity contribution >= 4 is 11.7 Å². The summed E-state index contributed by atoms with van der Waals surface area (Å²) < 4.78 is 9.58. The lowest BCUT2D eigenvalue weighted by Crippen LogP contribution is -2.02. The number of aromatic nitrogens is 2. The first-order chi connectivity index (χ1) is 8.69. The fraction of sp³-hybridized carbons (Fsp3) is 0.250. The summed E-state index contributed by atoms with van der Waals surface area (Å²) in [5.41, 5.74) is 1.37. The Bertz CT molecular complexity index is 534. The first-order valence-electron chi connectivity index (χ1n) is 5.40. The molecule has 0 fully saturated rings. The Balaban J connectivity index is 1.96. The molecule has 0 bridgehead atoms. The lowest BCUT2D eigenvalue weighted by molar-refractivity contribution is 0.0601. The number of anilines is 1. The molecule has 0 saturated heterocycles. The second-order valence-electron chi connectivity index (χ2n) is 3.66. The number of esters is 1. The predicted octanol–water partition coefficient (Wildman–Crippen LogP) is 1.78. The number of aryl methyl sites for hydroxylation is 1. The number of methoxy groups -OCH3 is 1. The largest absolute Gasteiger partial charge is 0.465 e. The molecular formula is C12H13N3O3. The maximum absolute atomic E-state index is 11.2. The first kappa shape index (κ1) is 12.1. The molecule has 94 valence electrons. The van der Waals surface area contributed by atoms with Crippen LogP contribution in [0.1, 0.15) is 22.1 Å². The number of carbonyl (C=O) groups is 1. The quantitative estimate of drug-likeness (QED) is 0.830. The summed E-state index contributed by atoms with van der Waals surface area (Å²) in [5.74, 6) is 0.770. The summed E-state index contributed by atoms with van der Waals surface area (Å²) in [6.07, 6.45) is 0. The molecule has 0 aliphatic carbocycles. The number of rotatable bonds is 4. The minimum absolute atomic E-state index is 0.353. The van der Waals surface area contributed by atoms with Gasteiger partial charge in [-0.15, -0.1) is 0 Å². The third-order valence-electron chi connectivity index (χ3n) is 2.32. The van der Waals surface area contributed by atoms with Crippen molar-refractivity contribution in [1.82, 2.24) is 10.1 Å². The van der Waals surface area contributed by atoms with E-state index in [1.807, 2.05) is 0 Å². The van der Waals surface area contributed by atoms with Crippen LogP contribution in [0.3, 0.4) is 0 Å². The van der Waals surface area contributed by atoms with E-state index in [1.54, 1.807) is 31.2 Å². The number of benzene rings is 1. The van der Waals surface area contributed by atoms with Crippen LogP contribution in [0.4, 0.5) is 5.69 Å². The molecular weight excluding hydrogens is 234 g/mol. The van der Waals surface area contributed by atoms with E-state index in [9.17, 15) is 4.79 Å². The van der Waals surface area contributed by atoms with Gasteiger partial charge in [-0.3, -0.25) is 0 Å². The van der Waals surface area contributed by atoms with Crippen LogP contribution in [0.25, 0.3) is 0 Å². The van der Waals surface area contributed by atoms with Crippen LogP contribution in [-0.2, 0) is 11.3 Å². The van der Waals surface area contributed by atoms with Crippen LogP contribution in [0, 0.1) is 6.92 Å². The van der Waals surface area contributed by atoms with Crippen LogP contribution in [0.2, 0.25) is 0 Å². The van der Waals surface area contributed by atoms with Gasteiger partial charge in [0.25, 0.3) is 0 Å². The van der Waals surface area contributed by atoms with E-state index in [2.05, 4.69) is 20.2 Å².